The number of aryl methyl sites for hydroxylation is 2. The van der Waals surface area contributed by atoms with Crippen LogP contribution in [0, 0.1) is 19.8 Å². The average molecular weight is 281 g/mol. The van der Waals surface area contributed by atoms with Gasteiger partial charge < -0.3 is 5.32 Å². The van der Waals surface area contributed by atoms with Gasteiger partial charge in [-0.05, 0) is 59.5 Å². The Morgan fingerprint density at radius 3 is 2.53 bits per heavy atom. The summed E-state index contributed by atoms with van der Waals surface area (Å²) in [6.07, 6.45) is 2.65. The van der Waals surface area contributed by atoms with Crippen molar-refractivity contribution in [2.75, 3.05) is 19.6 Å². The monoisotopic (exact) mass is 281 g/mol. The first-order valence-corrected chi connectivity index (χ1v) is 8.25. The minimum Gasteiger partial charge on any atom is -0.317 e. The number of thiazole rings is 1. The summed E-state index contributed by atoms with van der Waals surface area (Å²) in [6.45, 7) is 13.5. The molecule has 1 N–H and O–H groups in total. The smallest absolute Gasteiger partial charge is 0.0900 e. The molecule has 4 heteroatoms. The van der Waals surface area contributed by atoms with Crippen LogP contribution in [0.4, 0.5) is 0 Å². The van der Waals surface area contributed by atoms with E-state index < -0.39 is 0 Å². The molecule has 0 aromatic carbocycles. The highest BCUT2D eigenvalue weighted by molar-refractivity contribution is 7.11. The second kappa shape index (κ2) is 6.82. The molecule has 19 heavy (non-hydrogen) atoms. The van der Waals surface area contributed by atoms with Crippen molar-refractivity contribution in [1.29, 1.82) is 0 Å². The Bertz CT molecular complexity index is 394. The maximum Gasteiger partial charge on any atom is 0.0900 e. The number of hydrogen-bond donors (Lipinski definition) is 1. The van der Waals surface area contributed by atoms with Crippen molar-refractivity contribution >= 4 is 11.3 Å². The molecule has 1 aromatic heterocycles. The van der Waals surface area contributed by atoms with Crippen LogP contribution >= 0.6 is 11.3 Å². The summed E-state index contributed by atoms with van der Waals surface area (Å²) in [6, 6.07) is 0.608. The molecule has 108 valence electrons. The van der Waals surface area contributed by atoms with E-state index in [4.69, 9.17) is 0 Å². The summed E-state index contributed by atoms with van der Waals surface area (Å²) in [5.41, 5.74) is 1.22. The van der Waals surface area contributed by atoms with Gasteiger partial charge >= 0.3 is 0 Å². The Labute approximate surface area is 121 Å². The minimum absolute atomic E-state index is 0.608. The van der Waals surface area contributed by atoms with Crippen LogP contribution in [0.15, 0.2) is 0 Å². The predicted molar refractivity (Wildman–Crippen MR) is 82.7 cm³/mol. The lowest BCUT2D eigenvalue weighted by molar-refractivity contribution is 0.163. The van der Waals surface area contributed by atoms with E-state index in [-0.39, 0.29) is 0 Å². The van der Waals surface area contributed by atoms with Crippen molar-refractivity contribution in [2.45, 2.75) is 53.1 Å². The van der Waals surface area contributed by atoms with E-state index in [0.717, 1.165) is 12.5 Å². The summed E-state index contributed by atoms with van der Waals surface area (Å²) in [5.74, 6) is 0.859. The van der Waals surface area contributed by atoms with Gasteiger partial charge in [-0.3, -0.25) is 4.90 Å². The number of nitrogens with one attached hydrogen (secondary N) is 1. The highest BCUT2D eigenvalue weighted by Gasteiger charge is 2.20. The maximum atomic E-state index is 4.55. The lowest BCUT2D eigenvalue weighted by Crippen LogP contribution is -2.39. The van der Waals surface area contributed by atoms with Gasteiger partial charge in [0.25, 0.3) is 0 Å². The second-order valence-electron chi connectivity index (χ2n) is 5.96. The normalized spacial score (nSPS) is 17.6. The first-order valence-electron chi connectivity index (χ1n) is 7.44. The van der Waals surface area contributed by atoms with Gasteiger partial charge in [-0.1, -0.05) is 0 Å². The second-order valence-corrected chi connectivity index (χ2v) is 7.25. The largest absolute Gasteiger partial charge is 0.317 e. The minimum atomic E-state index is 0.608. The van der Waals surface area contributed by atoms with Crippen LogP contribution in [-0.4, -0.2) is 35.6 Å². The van der Waals surface area contributed by atoms with Crippen LogP contribution < -0.4 is 5.32 Å². The van der Waals surface area contributed by atoms with Crippen molar-refractivity contribution < 1.29 is 0 Å². The molecule has 0 spiro atoms. The molecule has 0 bridgehead atoms. The predicted octanol–water partition coefficient (Wildman–Crippen LogP) is 2.97. The van der Waals surface area contributed by atoms with Gasteiger partial charge in [0.15, 0.2) is 0 Å². The van der Waals surface area contributed by atoms with Crippen molar-refractivity contribution in [3.8, 4) is 0 Å². The molecule has 1 aliphatic heterocycles. The Morgan fingerprint density at radius 1 is 1.32 bits per heavy atom. The first-order chi connectivity index (χ1) is 9.06. The quantitative estimate of drug-likeness (QED) is 0.899. The highest BCUT2D eigenvalue weighted by atomic mass is 32.1. The van der Waals surface area contributed by atoms with E-state index in [1.165, 1.54) is 48.1 Å². The summed E-state index contributed by atoms with van der Waals surface area (Å²) < 4.78 is 0. The number of aromatic nitrogens is 1. The molecular formula is C15H27N3S. The van der Waals surface area contributed by atoms with Crippen molar-refractivity contribution in [3.05, 3.63) is 15.6 Å². The number of piperidine rings is 1. The molecule has 0 amide bonds. The number of hydrogen-bond acceptors (Lipinski definition) is 4. The summed E-state index contributed by atoms with van der Waals surface area (Å²) >= 11 is 1.86. The molecule has 0 atom stereocenters. The van der Waals surface area contributed by atoms with Gasteiger partial charge in [0, 0.05) is 24.0 Å². The molecule has 3 nitrogen and oxygen atoms in total. The number of nitrogens with zero attached hydrogens (tertiary/aromatic N) is 2. The zero-order valence-corrected chi connectivity index (χ0v) is 13.5. The van der Waals surface area contributed by atoms with Gasteiger partial charge in [-0.2, -0.15) is 0 Å². The Balaban J connectivity index is 1.97. The third-order valence-electron chi connectivity index (χ3n) is 4.03. The van der Waals surface area contributed by atoms with Gasteiger partial charge in [0.2, 0.25) is 0 Å². The molecule has 2 heterocycles. The molecule has 1 fully saturated rings. The van der Waals surface area contributed by atoms with Crippen molar-refractivity contribution in [2.24, 2.45) is 5.92 Å². The van der Waals surface area contributed by atoms with Crippen LogP contribution in [0.1, 0.15) is 42.3 Å². The first kappa shape index (κ1) is 14.9. The Kier molecular flexibility index (Phi) is 5.37. The molecule has 2 rings (SSSR count). The van der Waals surface area contributed by atoms with Crippen molar-refractivity contribution in [3.63, 3.8) is 0 Å². The third-order valence-corrected chi connectivity index (χ3v) is 5.09. The molecule has 1 aromatic rings. The summed E-state index contributed by atoms with van der Waals surface area (Å²) in [7, 11) is 0. The van der Waals surface area contributed by atoms with E-state index >= 15 is 0 Å². The van der Waals surface area contributed by atoms with Gasteiger partial charge in [0.05, 0.1) is 10.7 Å². The van der Waals surface area contributed by atoms with Crippen LogP contribution in [0.3, 0.4) is 0 Å². The zero-order chi connectivity index (χ0) is 13.8. The fraction of sp³-hybridized carbons (Fsp3) is 0.800. The summed E-state index contributed by atoms with van der Waals surface area (Å²) in [5, 5.41) is 4.65. The van der Waals surface area contributed by atoms with E-state index in [1.807, 2.05) is 11.3 Å². The third kappa shape index (κ3) is 4.26. The standard InChI is InChI=1S/C15H27N3S/c1-11(2)18(9-14-5-7-16-8-6-14)10-15-12(3)17-13(4)19-15/h11,14,16H,5-10H2,1-4H3. The van der Waals surface area contributed by atoms with Crippen molar-refractivity contribution in [1.82, 2.24) is 15.2 Å². The topological polar surface area (TPSA) is 28.2 Å². The molecular weight excluding hydrogens is 254 g/mol. The fourth-order valence-electron chi connectivity index (χ4n) is 2.76. The average Bonchev–Trinajstić information content (AvgIpc) is 2.68. The highest BCUT2D eigenvalue weighted by Crippen LogP contribution is 2.22. The SMILES string of the molecule is Cc1nc(C)c(CN(CC2CCNCC2)C(C)C)s1. The molecule has 1 aliphatic rings. The van der Waals surface area contributed by atoms with Crippen LogP contribution in [0.25, 0.3) is 0 Å². The van der Waals surface area contributed by atoms with Crippen LogP contribution in [-0.2, 0) is 6.54 Å². The molecule has 0 radical (unpaired) electrons. The summed E-state index contributed by atoms with van der Waals surface area (Å²) in [4.78, 5) is 8.62. The molecule has 0 aliphatic carbocycles. The van der Waals surface area contributed by atoms with Gasteiger partial charge in [-0.25, -0.2) is 4.98 Å². The Morgan fingerprint density at radius 2 is 2.00 bits per heavy atom. The van der Waals surface area contributed by atoms with E-state index in [1.54, 1.807) is 0 Å². The molecule has 0 saturated carbocycles. The lowest BCUT2D eigenvalue weighted by Gasteiger charge is -2.32. The fourth-order valence-corrected chi connectivity index (χ4v) is 3.72. The lowest BCUT2D eigenvalue weighted by atomic mass is 9.97. The Hall–Kier alpha value is -0.450. The van der Waals surface area contributed by atoms with Gasteiger partial charge in [0.1, 0.15) is 0 Å². The van der Waals surface area contributed by atoms with E-state index in [9.17, 15) is 0 Å². The van der Waals surface area contributed by atoms with E-state index in [2.05, 4.69) is 42.9 Å². The maximum absolute atomic E-state index is 4.55. The van der Waals surface area contributed by atoms with Crippen LogP contribution in [0.5, 0.6) is 0 Å². The van der Waals surface area contributed by atoms with Gasteiger partial charge in [-0.15, -0.1) is 11.3 Å². The number of rotatable bonds is 5. The molecule has 0 unspecified atom stereocenters. The molecule has 1 saturated heterocycles. The zero-order valence-electron chi connectivity index (χ0n) is 12.7. The van der Waals surface area contributed by atoms with Crippen LogP contribution in [0.2, 0.25) is 0 Å². The van der Waals surface area contributed by atoms with E-state index in [0.29, 0.717) is 6.04 Å².